The zero-order chi connectivity index (χ0) is 32.2. The van der Waals surface area contributed by atoms with E-state index in [4.69, 9.17) is 9.47 Å². The molecule has 0 amide bonds. The Morgan fingerprint density at radius 1 is 0.386 bits per heavy atom. The molecule has 0 aromatic heterocycles. The minimum Gasteiger partial charge on any atom is -0.462 e. The molecule has 0 radical (unpaired) electrons. The van der Waals surface area contributed by atoms with E-state index in [0.29, 0.717) is 12.8 Å². The predicted octanol–water partition coefficient (Wildman–Crippen LogP) is 13.4. The first-order valence-corrected chi connectivity index (χ1v) is 19.9. The van der Waals surface area contributed by atoms with Crippen LogP contribution in [0.5, 0.6) is 0 Å². The minimum atomic E-state index is -0.367. The molecule has 1 atom stereocenters. The monoisotopic (exact) mass is 623 g/mol. The van der Waals surface area contributed by atoms with Gasteiger partial charge in [0, 0.05) is 12.8 Å². The van der Waals surface area contributed by atoms with E-state index in [1.165, 1.54) is 173 Å². The van der Waals surface area contributed by atoms with Crippen LogP contribution in [0.25, 0.3) is 0 Å². The third-order valence-corrected chi connectivity index (χ3v) is 9.03. The van der Waals surface area contributed by atoms with Gasteiger partial charge in [-0.1, -0.05) is 200 Å². The van der Waals surface area contributed by atoms with Crippen LogP contribution in [0.15, 0.2) is 0 Å². The molecule has 4 heteroatoms. The molecule has 0 heterocycles. The Bertz CT molecular complexity index is 590. The molecule has 0 N–H and O–H groups in total. The molecule has 0 bridgehead atoms. The van der Waals surface area contributed by atoms with Crippen molar-refractivity contribution in [2.75, 3.05) is 6.61 Å². The van der Waals surface area contributed by atoms with Crippen molar-refractivity contribution in [1.29, 1.82) is 0 Å². The Balaban J connectivity index is 3.38. The second kappa shape index (κ2) is 36.4. The van der Waals surface area contributed by atoms with Crippen molar-refractivity contribution in [3.8, 4) is 0 Å². The first kappa shape index (κ1) is 42.9. The largest absolute Gasteiger partial charge is 0.462 e. The third-order valence-electron chi connectivity index (χ3n) is 9.03. The second-order valence-corrected chi connectivity index (χ2v) is 13.7. The highest BCUT2D eigenvalue weighted by Gasteiger charge is 2.12. The van der Waals surface area contributed by atoms with E-state index in [9.17, 15) is 9.59 Å². The summed E-state index contributed by atoms with van der Waals surface area (Å²) in [5.41, 5.74) is 0. The molecule has 0 spiro atoms. The molecule has 4 nitrogen and oxygen atoms in total. The van der Waals surface area contributed by atoms with Crippen molar-refractivity contribution in [2.24, 2.45) is 0 Å². The molecule has 0 aliphatic carbocycles. The smallest absolute Gasteiger partial charge is 0.306 e. The number of hydrogen-bond acceptors (Lipinski definition) is 4. The number of carbonyl (C=O) groups excluding carboxylic acids is 2. The molecule has 0 rings (SSSR count). The van der Waals surface area contributed by atoms with Gasteiger partial charge in [-0.3, -0.25) is 9.59 Å². The topological polar surface area (TPSA) is 52.6 Å². The Hall–Kier alpha value is -1.06. The fourth-order valence-electron chi connectivity index (χ4n) is 6.06. The average Bonchev–Trinajstić information content (AvgIpc) is 3.01. The number of hydrogen-bond donors (Lipinski definition) is 0. The van der Waals surface area contributed by atoms with Gasteiger partial charge in [0.25, 0.3) is 0 Å². The van der Waals surface area contributed by atoms with Crippen molar-refractivity contribution in [2.45, 2.75) is 239 Å². The van der Waals surface area contributed by atoms with Crippen molar-refractivity contribution in [3.63, 3.8) is 0 Å². The van der Waals surface area contributed by atoms with Crippen molar-refractivity contribution in [3.05, 3.63) is 0 Å². The molecular formula is C40H78O4. The summed E-state index contributed by atoms with van der Waals surface area (Å²) in [4.78, 5) is 24.2. The van der Waals surface area contributed by atoms with Crippen LogP contribution in [0.2, 0.25) is 0 Å². The summed E-state index contributed by atoms with van der Waals surface area (Å²) in [5.74, 6) is -0.332. The maximum atomic E-state index is 12.1. The van der Waals surface area contributed by atoms with E-state index < -0.39 is 0 Å². The van der Waals surface area contributed by atoms with Gasteiger partial charge in [-0.05, 0) is 19.8 Å². The third kappa shape index (κ3) is 35.4. The molecule has 1 unspecified atom stereocenters. The summed E-state index contributed by atoms with van der Waals surface area (Å²) >= 11 is 0. The van der Waals surface area contributed by atoms with Crippen LogP contribution in [0.3, 0.4) is 0 Å². The van der Waals surface area contributed by atoms with E-state index in [0.717, 1.165) is 25.7 Å². The predicted molar refractivity (Wildman–Crippen MR) is 190 cm³/mol. The standard InChI is InChI=1S/C40H78O4/c1-4-6-8-10-12-14-16-18-20-22-24-26-28-30-32-34-36-40(42)44-38(3)37-43-39(41)35-33-31-29-27-25-23-21-19-17-15-13-11-9-7-5-2/h38H,4-37H2,1-3H3. The molecule has 44 heavy (non-hydrogen) atoms. The number of unbranched alkanes of at least 4 members (excludes halogenated alkanes) is 29. The average molecular weight is 623 g/mol. The summed E-state index contributed by atoms with van der Waals surface area (Å²) in [7, 11) is 0. The Labute approximate surface area is 276 Å². The number of esters is 2. The van der Waals surface area contributed by atoms with Crippen molar-refractivity contribution < 1.29 is 19.1 Å². The first-order chi connectivity index (χ1) is 21.6. The fourth-order valence-corrected chi connectivity index (χ4v) is 6.06. The van der Waals surface area contributed by atoms with Crippen molar-refractivity contribution >= 4 is 11.9 Å². The quantitative estimate of drug-likeness (QED) is 0.0515. The lowest BCUT2D eigenvalue weighted by molar-refractivity contribution is -0.158. The molecule has 0 saturated heterocycles. The molecule has 0 fully saturated rings. The molecule has 0 aromatic rings. The van der Waals surface area contributed by atoms with Crippen LogP contribution in [0.1, 0.15) is 233 Å². The zero-order valence-corrected chi connectivity index (χ0v) is 30.3. The Kier molecular flexibility index (Phi) is 35.5. The van der Waals surface area contributed by atoms with Crippen LogP contribution < -0.4 is 0 Å². The van der Waals surface area contributed by atoms with Gasteiger partial charge in [0.1, 0.15) is 12.7 Å². The summed E-state index contributed by atoms with van der Waals surface area (Å²) < 4.78 is 10.8. The van der Waals surface area contributed by atoms with E-state index in [1.54, 1.807) is 0 Å². The van der Waals surface area contributed by atoms with E-state index in [2.05, 4.69) is 13.8 Å². The Morgan fingerprint density at radius 3 is 0.932 bits per heavy atom. The van der Waals surface area contributed by atoms with Crippen LogP contribution in [0.4, 0.5) is 0 Å². The molecule has 262 valence electrons. The molecule has 0 aliphatic rings. The zero-order valence-electron chi connectivity index (χ0n) is 30.3. The highest BCUT2D eigenvalue weighted by atomic mass is 16.6. The first-order valence-electron chi connectivity index (χ1n) is 19.9. The van der Waals surface area contributed by atoms with Gasteiger partial charge in [0.2, 0.25) is 0 Å². The van der Waals surface area contributed by atoms with Gasteiger partial charge < -0.3 is 9.47 Å². The number of ether oxygens (including phenoxy) is 2. The summed E-state index contributed by atoms with van der Waals surface area (Å²) in [6.07, 6.45) is 41.5. The van der Waals surface area contributed by atoms with E-state index in [1.807, 2.05) is 6.92 Å². The summed E-state index contributed by atoms with van der Waals surface area (Å²) in [5, 5.41) is 0. The van der Waals surface area contributed by atoms with Crippen LogP contribution in [-0.2, 0) is 19.1 Å². The van der Waals surface area contributed by atoms with Crippen LogP contribution in [-0.4, -0.2) is 24.6 Å². The minimum absolute atomic E-state index is 0.165. The SMILES string of the molecule is CCCCCCCCCCCCCCCCCCC(=O)OC(C)COC(=O)CCCCCCCCCCCCCCCCC. The van der Waals surface area contributed by atoms with E-state index >= 15 is 0 Å². The summed E-state index contributed by atoms with van der Waals surface area (Å²) in [6.45, 7) is 6.54. The summed E-state index contributed by atoms with van der Waals surface area (Å²) in [6, 6.07) is 0. The number of carbonyl (C=O) groups is 2. The molecule has 0 aliphatic heterocycles. The maximum Gasteiger partial charge on any atom is 0.306 e. The van der Waals surface area contributed by atoms with Crippen LogP contribution in [0, 0.1) is 0 Å². The lowest BCUT2D eigenvalue weighted by atomic mass is 10.0. The normalized spacial score (nSPS) is 12.0. The number of rotatable bonds is 36. The van der Waals surface area contributed by atoms with Gasteiger partial charge in [-0.15, -0.1) is 0 Å². The maximum absolute atomic E-state index is 12.1. The van der Waals surface area contributed by atoms with Gasteiger partial charge in [0.05, 0.1) is 0 Å². The lowest BCUT2D eigenvalue weighted by Gasteiger charge is -2.13. The van der Waals surface area contributed by atoms with Gasteiger partial charge in [-0.2, -0.15) is 0 Å². The Morgan fingerprint density at radius 2 is 0.636 bits per heavy atom. The van der Waals surface area contributed by atoms with Gasteiger partial charge >= 0.3 is 11.9 Å². The van der Waals surface area contributed by atoms with Gasteiger partial charge in [-0.25, -0.2) is 0 Å². The van der Waals surface area contributed by atoms with Crippen molar-refractivity contribution in [1.82, 2.24) is 0 Å². The lowest BCUT2D eigenvalue weighted by Crippen LogP contribution is -2.22. The highest BCUT2D eigenvalue weighted by molar-refractivity contribution is 5.70. The molecular weight excluding hydrogens is 544 g/mol. The van der Waals surface area contributed by atoms with E-state index in [-0.39, 0.29) is 24.6 Å². The molecule has 0 aromatic carbocycles. The van der Waals surface area contributed by atoms with Crippen LogP contribution >= 0.6 is 0 Å². The second-order valence-electron chi connectivity index (χ2n) is 13.7. The highest BCUT2D eigenvalue weighted by Crippen LogP contribution is 2.16. The fraction of sp³-hybridized carbons (Fsp3) is 0.950. The van der Waals surface area contributed by atoms with Gasteiger partial charge in [0.15, 0.2) is 0 Å². The molecule has 0 saturated carbocycles.